The highest BCUT2D eigenvalue weighted by Gasteiger charge is 1.99. The number of rotatable bonds is 1. The van der Waals surface area contributed by atoms with Crippen molar-refractivity contribution >= 4 is 33.1 Å². The van der Waals surface area contributed by atoms with Gasteiger partial charge in [0.15, 0.2) is 10.8 Å². The molecular weight excluding hydrogens is 202 g/mol. The Labute approximate surface area is 64.5 Å². The number of nitrogen functional groups attached to an aromatic ring is 1. The summed E-state index contributed by atoms with van der Waals surface area (Å²) >= 11 is 4.56. The zero-order valence-corrected chi connectivity index (χ0v) is 6.79. The van der Waals surface area contributed by atoms with Crippen molar-refractivity contribution in [2.45, 2.75) is 0 Å². The van der Waals surface area contributed by atoms with E-state index in [1.165, 1.54) is 11.3 Å². The summed E-state index contributed by atoms with van der Waals surface area (Å²) in [6.45, 7) is 0. The summed E-state index contributed by atoms with van der Waals surface area (Å²) in [6.07, 6.45) is 1.63. The van der Waals surface area contributed by atoms with Crippen LogP contribution >= 0.6 is 27.3 Å². The molecule has 0 aliphatic rings. The lowest BCUT2D eigenvalue weighted by atomic mass is 10.6. The predicted octanol–water partition coefficient (Wildman–Crippen LogP) is 1.19. The average Bonchev–Trinajstić information content (AvgIpc) is 2.14. The van der Waals surface area contributed by atoms with Crippen LogP contribution in [-0.2, 0) is 0 Å². The molecule has 1 heterocycles. The first-order valence-corrected chi connectivity index (χ1v) is 3.77. The third-order valence-corrected chi connectivity index (χ3v) is 2.22. The van der Waals surface area contributed by atoms with Gasteiger partial charge in [0.1, 0.15) is 0 Å². The van der Waals surface area contributed by atoms with E-state index in [4.69, 9.17) is 11.1 Å². The minimum atomic E-state index is 0.0192. The average molecular weight is 206 g/mol. The fraction of sp³-hybridized carbons (Fsp3) is 0. The Morgan fingerprint density at radius 2 is 2.56 bits per heavy atom. The van der Waals surface area contributed by atoms with Gasteiger partial charge in [0, 0.05) is 0 Å². The summed E-state index contributed by atoms with van der Waals surface area (Å²) in [5.74, 6) is 0.0192. The molecule has 1 aromatic heterocycles. The maximum absolute atomic E-state index is 6.95. The van der Waals surface area contributed by atoms with Crippen LogP contribution in [0.25, 0.3) is 0 Å². The van der Waals surface area contributed by atoms with E-state index in [9.17, 15) is 0 Å². The standard InChI is InChI=1S/C4H4BrN3S/c5-2-1-8-4(9-2)3(6)7/h1H,(H3,6,7). The Bertz CT molecular complexity index is 231. The SMILES string of the molecule is N=C(N)c1ncc(Br)s1. The molecule has 1 aromatic rings. The van der Waals surface area contributed by atoms with E-state index in [0.29, 0.717) is 5.01 Å². The third kappa shape index (κ3) is 1.49. The van der Waals surface area contributed by atoms with Gasteiger partial charge in [-0.1, -0.05) is 0 Å². The molecule has 3 N–H and O–H groups in total. The minimum Gasteiger partial charge on any atom is -0.382 e. The van der Waals surface area contributed by atoms with Crippen molar-refractivity contribution in [2.75, 3.05) is 0 Å². The van der Waals surface area contributed by atoms with E-state index in [2.05, 4.69) is 20.9 Å². The molecule has 0 saturated heterocycles. The van der Waals surface area contributed by atoms with Crippen LogP contribution in [-0.4, -0.2) is 10.8 Å². The van der Waals surface area contributed by atoms with Crippen LogP contribution in [0.15, 0.2) is 9.98 Å². The number of halogens is 1. The van der Waals surface area contributed by atoms with E-state index < -0.39 is 0 Å². The van der Waals surface area contributed by atoms with Crippen LogP contribution in [0.4, 0.5) is 0 Å². The smallest absolute Gasteiger partial charge is 0.158 e. The fourth-order valence-corrected chi connectivity index (χ4v) is 1.45. The van der Waals surface area contributed by atoms with Crippen molar-refractivity contribution in [1.82, 2.24) is 4.98 Å². The zero-order chi connectivity index (χ0) is 6.85. The second-order valence-corrected chi connectivity index (χ2v) is 3.79. The molecular formula is C4H4BrN3S. The Hall–Kier alpha value is -0.420. The third-order valence-electron chi connectivity index (χ3n) is 0.708. The fourth-order valence-electron chi connectivity index (χ4n) is 0.379. The van der Waals surface area contributed by atoms with E-state index in [1.54, 1.807) is 6.20 Å². The van der Waals surface area contributed by atoms with Crippen LogP contribution in [0.3, 0.4) is 0 Å². The van der Waals surface area contributed by atoms with Gasteiger partial charge < -0.3 is 5.73 Å². The first kappa shape index (κ1) is 6.70. The maximum Gasteiger partial charge on any atom is 0.158 e. The molecule has 5 heteroatoms. The lowest BCUT2D eigenvalue weighted by Gasteiger charge is -1.83. The van der Waals surface area contributed by atoms with Gasteiger partial charge in [-0.15, -0.1) is 11.3 Å². The van der Waals surface area contributed by atoms with Crippen molar-refractivity contribution in [2.24, 2.45) is 5.73 Å². The number of nitrogens with zero attached hydrogens (tertiary/aromatic N) is 1. The van der Waals surface area contributed by atoms with Crippen LogP contribution in [0.1, 0.15) is 5.01 Å². The molecule has 0 aromatic carbocycles. The lowest BCUT2D eigenvalue weighted by Crippen LogP contribution is -2.09. The van der Waals surface area contributed by atoms with Gasteiger partial charge in [-0.3, -0.25) is 5.41 Å². The molecule has 0 bridgehead atoms. The number of nitrogens with one attached hydrogen (secondary N) is 1. The van der Waals surface area contributed by atoms with Gasteiger partial charge in [0.05, 0.1) is 9.98 Å². The second kappa shape index (κ2) is 2.45. The Balaban J connectivity index is 2.98. The summed E-state index contributed by atoms with van der Waals surface area (Å²) in [5.41, 5.74) is 5.14. The largest absolute Gasteiger partial charge is 0.382 e. The van der Waals surface area contributed by atoms with E-state index >= 15 is 0 Å². The zero-order valence-electron chi connectivity index (χ0n) is 4.39. The highest BCUT2D eigenvalue weighted by molar-refractivity contribution is 9.11. The van der Waals surface area contributed by atoms with Gasteiger partial charge in [-0.25, -0.2) is 4.98 Å². The predicted molar refractivity (Wildman–Crippen MR) is 40.8 cm³/mol. The van der Waals surface area contributed by atoms with Crippen molar-refractivity contribution in [3.63, 3.8) is 0 Å². The summed E-state index contributed by atoms with van der Waals surface area (Å²) in [6, 6.07) is 0. The van der Waals surface area contributed by atoms with Crippen LogP contribution in [0.2, 0.25) is 0 Å². The number of amidine groups is 1. The van der Waals surface area contributed by atoms with E-state index in [0.717, 1.165) is 3.79 Å². The van der Waals surface area contributed by atoms with Crippen molar-refractivity contribution < 1.29 is 0 Å². The van der Waals surface area contributed by atoms with E-state index in [-0.39, 0.29) is 5.84 Å². The first-order chi connectivity index (χ1) is 4.20. The molecule has 0 aliphatic carbocycles. The summed E-state index contributed by atoms with van der Waals surface area (Å²) in [5, 5.41) is 7.51. The van der Waals surface area contributed by atoms with Gasteiger partial charge in [-0.2, -0.15) is 0 Å². The molecule has 9 heavy (non-hydrogen) atoms. The molecule has 0 atom stereocenters. The lowest BCUT2D eigenvalue weighted by molar-refractivity contribution is 1.33. The normalized spacial score (nSPS) is 9.44. The minimum absolute atomic E-state index is 0.0192. The second-order valence-electron chi connectivity index (χ2n) is 1.38. The molecule has 0 unspecified atom stereocenters. The molecule has 0 amide bonds. The quantitative estimate of drug-likeness (QED) is 0.535. The number of thiazole rings is 1. The number of hydrogen-bond donors (Lipinski definition) is 2. The molecule has 1 rings (SSSR count). The number of nitrogens with two attached hydrogens (primary N) is 1. The number of hydrogen-bond acceptors (Lipinski definition) is 3. The molecule has 0 fully saturated rings. The summed E-state index contributed by atoms with van der Waals surface area (Å²) < 4.78 is 0.896. The number of aromatic nitrogens is 1. The van der Waals surface area contributed by atoms with Crippen molar-refractivity contribution in [1.29, 1.82) is 5.41 Å². The Kier molecular flexibility index (Phi) is 1.82. The first-order valence-electron chi connectivity index (χ1n) is 2.16. The summed E-state index contributed by atoms with van der Waals surface area (Å²) in [4.78, 5) is 3.84. The van der Waals surface area contributed by atoms with Gasteiger partial charge in [0.2, 0.25) is 0 Å². The molecule has 0 saturated carbocycles. The monoisotopic (exact) mass is 205 g/mol. The van der Waals surface area contributed by atoms with Crippen LogP contribution < -0.4 is 5.73 Å². The molecule has 3 nitrogen and oxygen atoms in total. The van der Waals surface area contributed by atoms with E-state index in [1.807, 2.05) is 0 Å². The van der Waals surface area contributed by atoms with Crippen LogP contribution in [0, 0.1) is 5.41 Å². The maximum atomic E-state index is 6.95. The van der Waals surface area contributed by atoms with Crippen molar-refractivity contribution in [3.8, 4) is 0 Å². The highest BCUT2D eigenvalue weighted by Crippen LogP contribution is 2.17. The van der Waals surface area contributed by atoms with Crippen molar-refractivity contribution in [3.05, 3.63) is 15.0 Å². The highest BCUT2D eigenvalue weighted by atomic mass is 79.9. The van der Waals surface area contributed by atoms with Gasteiger partial charge >= 0.3 is 0 Å². The molecule has 0 aliphatic heterocycles. The van der Waals surface area contributed by atoms with Gasteiger partial charge in [0.25, 0.3) is 0 Å². The molecule has 0 spiro atoms. The topological polar surface area (TPSA) is 62.8 Å². The Morgan fingerprint density at radius 1 is 1.89 bits per heavy atom. The Morgan fingerprint density at radius 3 is 2.78 bits per heavy atom. The van der Waals surface area contributed by atoms with Gasteiger partial charge in [-0.05, 0) is 15.9 Å². The van der Waals surface area contributed by atoms with Crippen LogP contribution in [0.5, 0.6) is 0 Å². The molecule has 0 radical (unpaired) electrons. The molecule has 48 valence electrons. The summed E-state index contributed by atoms with van der Waals surface area (Å²) in [7, 11) is 0.